The number of ether oxygens (including phenoxy) is 2. The second-order valence-electron chi connectivity index (χ2n) is 14.6. The van der Waals surface area contributed by atoms with Gasteiger partial charge in [0.1, 0.15) is 35.6 Å². The van der Waals surface area contributed by atoms with Crippen molar-refractivity contribution < 1.29 is 43.0 Å². The highest BCUT2D eigenvalue weighted by Gasteiger charge is 2.25. The number of benzene rings is 2. The fourth-order valence-corrected chi connectivity index (χ4v) is 6.99. The molecule has 0 spiro atoms. The van der Waals surface area contributed by atoms with Crippen LogP contribution in [0.2, 0.25) is 0 Å². The Morgan fingerprint density at radius 3 is 1.74 bits per heavy atom. The Morgan fingerprint density at radius 1 is 0.754 bits per heavy atom. The number of allylic oxidation sites excluding steroid dienone is 2. The number of nitrogens with one attached hydrogen (secondary N) is 2. The molecule has 2 aromatic carbocycles. The van der Waals surface area contributed by atoms with Gasteiger partial charge in [0.25, 0.3) is 11.8 Å². The van der Waals surface area contributed by atoms with Crippen LogP contribution in [-0.2, 0) is 50.2 Å². The average Bonchev–Trinajstić information content (AvgIpc) is 4.13. The quantitative estimate of drug-likeness (QED) is 0.0447. The highest BCUT2D eigenvalue weighted by Crippen LogP contribution is 2.33. The largest absolute Gasteiger partial charge is 0.494 e. The molecule has 5 heterocycles. The van der Waals surface area contributed by atoms with Gasteiger partial charge in [-0.3, -0.25) is 58.5 Å². The first-order valence-corrected chi connectivity index (χ1v) is 20.1. The van der Waals surface area contributed by atoms with E-state index >= 15 is 0 Å². The monoisotopic (exact) mass is 888 g/mol. The van der Waals surface area contributed by atoms with Crippen molar-refractivity contribution in [2.45, 2.75) is 39.0 Å². The number of carbonyl (C=O) groups excluding carboxylic acids is 7. The smallest absolute Gasteiger partial charge is 0.253 e. The van der Waals surface area contributed by atoms with E-state index in [4.69, 9.17) is 20.9 Å². The number of imidazole rings is 2. The normalized spacial score (nSPS) is 12.4. The zero-order valence-corrected chi connectivity index (χ0v) is 35.2. The molecule has 7 amide bonds. The number of hydrogen-bond donors (Lipinski definition) is 4. The molecule has 0 bridgehead atoms. The van der Waals surface area contributed by atoms with E-state index in [9.17, 15) is 33.6 Å². The Balaban J connectivity index is 1.15. The Bertz CT molecular complexity index is 2840. The highest BCUT2D eigenvalue weighted by atomic mass is 16.5. The van der Waals surface area contributed by atoms with E-state index in [2.05, 4.69) is 30.8 Å². The van der Waals surface area contributed by atoms with Gasteiger partial charge in [-0.15, -0.1) is 0 Å². The van der Waals surface area contributed by atoms with Crippen molar-refractivity contribution in [1.29, 1.82) is 0 Å². The van der Waals surface area contributed by atoms with Gasteiger partial charge in [0.2, 0.25) is 41.4 Å². The number of nitrogens with zero attached hydrogens (tertiary/aromatic N) is 10. The van der Waals surface area contributed by atoms with Crippen molar-refractivity contribution >= 4 is 75.3 Å². The number of aromatic nitrogens is 8. The molecule has 4 aromatic heterocycles. The SMILES string of the molecule is COc1cc(C(N)=O)cc2nc(NC(=O)Cn3cccn3)n(C/C=C/Cn3c(NC(=O)Cn4cccn4)nc4cc(C(N)=O)cc(OCCCN(C)C(=O)CCN5C(=O)C=CC5=O)c43)c12. The van der Waals surface area contributed by atoms with E-state index in [0.717, 1.165) is 17.1 Å². The summed E-state index contributed by atoms with van der Waals surface area (Å²) in [4.78, 5) is 99.5. The maximum Gasteiger partial charge on any atom is 0.253 e. The summed E-state index contributed by atoms with van der Waals surface area (Å²) in [6.07, 6.45) is 12.5. The summed E-state index contributed by atoms with van der Waals surface area (Å²) in [7, 11) is 3.03. The Hall–Kier alpha value is -8.63. The maximum atomic E-state index is 13.3. The number of amides is 7. The highest BCUT2D eigenvalue weighted by molar-refractivity contribution is 6.13. The lowest BCUT2D eigenvalue weighted by molar-refractivity contribution is -0.138. The van der Waals surface area contributed by atoms with Gasteiger partial charge in [-0.2, -0.15) is 10.2 Å². The molecule has 7 rings (SSSR count). The molecule has 6 aromatic rings. The summed E-state index contributed by atoms with van der Waals surface area (Å²) in [5.41, 5.74) is 13.0. The van der Waals surface area contributed by atoms with Crippen LogP contribution < -0.4 is 31.6 Å². The van der Waals surface area contributed by atoms with E-state index in [1.165, 1.54) is 45.6 Å². The van der Waals surface area contributed by atoms with Crippen molar-refractivity contribution in [3.8, 4) is 11.5 Å². The number of anilines is 2. The minimum atomic E-state index is -0.746. The molecule has 0 aliphatic carbocycles. The number of hydrogen-bond acceptors (Lipinski definition) is 13. The number of fused-ring (bicyclic) bond motifs is 2. The van der Waals surface area contributed by atoms with Crippen LogP contribution in [0.3, 0.4) is 0 Å². The van der Waals surface area contributed by atoms with Gasteiger partial charge < -0.3 is 35.0 Å². The molecule has 23 nitrogen and oxygen atoms in total. The summed E-state index contributed by atoms with van der Waals surface area (Å²) in [5.74, 6) is -2.76. The Kier molecular flexibility index (Phi) is 13.4. The van der Waals surface area contributed by atoms with Gasteiger partial charge in [0.15, 0.2) is 0 Å². The zero-order chi connectivity index (χ0) is 46.2. The standard InChI is InChI=1S/C42H44N14O9/c1-51(34(59)10-18-54-35(60)8-9-36(54)61)13-7-19-65-31-23-27(40(44)63)21-29-38(31)56(42(48-29)50-33(58)25-53-15-6-12-46-53)17-4-3-16-55-37-28(20-26(39(43)62)22-30(37)64-2)47-41(55)49-32(57)24-52-14-5-11-45-52/h3-6,8-9,11-12,14-15,20-23H,7,10,13,16-19,24-25H2,1-2H3,(H2,43,62)(H2,44,63)(H,47,49,57)(H,48,50,58)/b4-3+. The molecule has 0 fully saturated rings. The molecule has 23 heteroatoms. The Labute approximate surface area is 369 Å². The lowest BCUT2D eigenvalue weighted by Gasteiger charge is -2.19. The summed E-state index contributed by atoms with van der Waals surface area (Å²) < 4.78 is 18.1. The second kappa shape index (κ2) is 19.6. The van der Waals surface area contributed by atoms with E-state index < -0.39 is 35.4 Å². The third-order valence-electron chi connectivity index (χ3n) is 10.1. The van der Waals surface area contributed by atoms with Gasteiger partial charge in [-0.1, -0.05) is 12.2 Å². The molecular weight excluding hydrogens is 845 g/mol. The predicted octanol–water partition coefficient (Wildman–Crippen LogP) is 1.06. The van der Waals surface area contributed by atoms with Crippen molar-refractivity contribution in [3.63, 3.8) is 0 Å². The first-order chi connectivity index (χ1) is 31.3. The van der Waals surface area contributed by atoms with Gasteiger partial charge in [0, 0.05) is 87.7 Å². The Morgan fingerprint density at radius 2 is 1.26 bits per heavy atom. The van der Waals surface area contributed by atoms with Crippen LogP contribution in [0.1, 0.15) is 33.6 Å². The van der Waals surface area contributed by atoms with Gasteiger partial charge >= 0.3 is 0 Å². The molecule has 65 heavy (non-hydrogen) atoms. The number of nitrogens with two attached hydrogens (primary N) is 2. The second-order valence-corrected chi connectivity index (χ2v) is 14.6. The van der Waals surface area contributed by atoms with Crippen molar-refractivity contribution in [2.24, 2.45) is 11.5 Å². The van der Waals surface area contributed by atoms with Gasteiger partial charge in [-0.25, -0.2) is 9.97 Å². The molecule has 0 unspecified atom stereocenters. The number of imide groups is 1. The van der Waals surface area contributed by atoms with Crippen LogP contribution in [0.4, 0.5) is 11.9 Å². The van der Waals surface area contributed by atoms with Crippen molar-refractivity contribution in [2.75, 3.05) is 44.5 Å². The first-order valence-electron chi connectivity index (χ1n) is 20.1. The molecule has 0 saturated heterocycles. The summed E-state index contributed by atoms with van der Waals surface area (Å²) >= 11 is 0. The van der Waals surface area contributed by atoms with Crippen LogP contribution in [0.15, 0.2) is 85.5 Å². The van der Waals surface area contributed by atoms with Crippen LogP contribution in [0, 0.1) is 0 Å². The van der Waals surface area contributed by atoms with Crippen LogP contribution in [0.25, 0.3) is 22.1 Å². The molecule has 6 N–H and O–H groups in total. The molecule has 1 aliphatic heterocycles. The van der Waals surface area contributed by atoms with Crippen LogP contribution >= 0.6 is 0 Å². The van der Waals surface area contributed by atoms with Crippen LogP contribution in [0.5, 0.6) is 11.5 Å². The fraction of sp³-hybridized carbons (Fsp3) is 0.262. The molecular formula is C42H44N14O9. The molecule has 0 atom stereocenters. The first kappa shape index (κ1) is 44.4. The third kappa shape index (κ3) is 10.4. The maximum absolute atomic E-state index is 13.3. The van der Waals surface area contributed by atoms with E-state index in [1.54, 1.807) is 65.3 Å². The van der Waals surface area contributed by atoms with Crippen LogP contribution in [-0.4, -0.2) is 124 Å². The molecule has 0 radical (unpaired) electrons. The average molecular weight is 889 g/mol. The summed E-state index contributed by atoms with van der Waals surface area (Å²) in [5, 5.41) is 13.8. The van der Waals surface area contributed by atoms with Gasteiger partial charge in [0.05, 0.1) is 24.8 Å². The topological polar surface area (TPSA) is 292 Å². The summed E-state index contributed by atoms with van der Waals surface area (Å²) in [6, 6.07) is 9.29. The third-order valence-corrected chi connectivity index (χ3v) is 10.1. The number of carbonyl (C=O) groups is 7. The lowest BCUT2D eigenvalue weighted by atomic mass is 10.1. The summed E-state index contributed by atoms with van der Waals surface area (Å²) in [6.45, 7) is 0.276. The van der Waals surface area contributed by atoms with Crippen molar-refractivity contribution in [3.05, 3.63) is 96.6 Å². The van der Waals surface area contributed by atoms with E-state index in [-0.39, 0.29) is 98.2 Å². The van der Waals surface area contributed by atoms with E-state index in [0.29, 0.717) is 23.0 Å². The zero-order valence-electron chi connectivity index (χ0n) is 35.2. The number of primary amides is 2. The predicted molar refractivity (Wildman–Crippen MR) is 232 cm³/mol. The number of rotatable bonds is 21. The molecule has 0 saturated carbocycles. The minimum Gasteiger partial charge on any atom is -0.494 e. The van der Waals surface area contributed by atoms with Crippen molar-refractivity contribution in [1.82, 2.24) is 48.5 Å². The fourth-order valence-electron chi connectivity index (χ4n) is 6.99. The minimum absolute atomic E-state index is 0.0447. The number of methoxy groups -OCH3 is 1. The molecule has 336 valence electrons. The molecule has 1 aliphatic rings. The van der Waals surface area contributed by atoms with E-state index in [1.807, 2.05) is 0 Å². The van der Waals surface area contributed by atoms with Gasteiger partial charge in [-0.05, 0) is 42.8 Å². The lowest BCUT2D eigenvalue weighted by Crippen LogP contribution is -2.36.